The Morgan fingerprint density at radius 2 is 1.75 bits per heavy atom. The van der Waals surface area contributed by atoms with Crippen molar-refractivity contribution in [2.24, 2.45) is 5.92 Å². The summed E-state index contributed by atoms with van der Waals surface area (Å²) in [5.74, 6) is 1.76. The summed E-state index contributed by atoms with van der Waals surface area (Å²) in [4.78, 5) is 33.1. The number of aryl methyl sites for hydroxylation is 1. The number of hydrogen-bond acceptors (Lipinski definition) is 6. The summed E-state index contributed by atoms with van der Waals surface area (Å²) in [6.07, 6.45) is 1.88. The number of nitrogens with one attached hydrogen (secondary N) is 1. The van der Waals surface area contributed by atoms with Gasteiger partial charge < -0.3 is 19.1 Å². The molecule has 0 radical (unpaired) electrons. The number of carbonyl (C=O) groups excluding carboxylic acids is 2. The van der Waals surface area contributed by atoms with Gasteiger partial charge in [0, 0.05) is 29.6 Å². The predicted molar refractivity (Wildman–Crippen MR) is 152 cm³/mol. The van der Waals surface area contributed by atoms with Gasteiger partial charge in [-0.2, -0.15) is 0 Å². The number of amides is 2. The minimum Gasteiger partial charge on any atom is -0.497 e. The largest absolute Gasteiger partial charge is 0.497 e. The standard InChI is InChI=1S/C31H32N4O5/c1-20(2)16-34(30(37)23-9-14-27-28(15-23)40-19-39-27)18-29(36)33-31-32-26(22-7-12-25(38-4)13-8-22)17-35(31)24-10-5-21(3)6-11-24/h5-15,17,20H,16,18-19H2,1-4H3,(H,32,33,36). The van der Waals surface area contributed by atoms with Gasteiger partial charge in [0.25, 0.3) is 5.91 Å². The number of ether oxygens (including phenoxy) is 3. The van der Waals surface area contributed by atoms with Crippen molar-refractivity contribution in [2.45, 2.75) is 20.8 Å². The van der Waals surface area contributed by atoms with Crippen molar-refractivity contribution in [3.05, 3.63) is 84.1 Å². The second kappa shape index (κ2) is 11.5. The molecule has 0 saturated heterocycles. The Hall–Kier alpha value is -4.79. The number of fused-ring (bicyclic) bond motifs is 1. The predicted octanol–water partition coefficient (Wildman–Crippen LogP) is 5.32. The number of hydrogen-bond donors (Lipinski definition) is 1. The normalized spacial score (nSPS) is 11.9. The molecule has 5 rings (SSSR count). The van der Waals surface area contributed by atoms with Crippen LogP contribution in [0.2, 0.25) is 0 Å². The van der Waals surface area contributed by atoms with Crippen LogP contribution < -0.4 is 19.5 Å². The molecule has 1 aliphatic rings. The first-order chi connectivity index (χ1) is 19.3. The third-order valence-corrected chi connectivity index (χ3v) is 6.48. The number of anilines is 1. The number of nitrogens with zero attached hydrogens (tertiary/aromatic N) is 3. The van der Waals surface area contributed by atoms with Crippen LogP contribution in [0.1, 0.15) is 29.8 Å². The SMILES string of the molecule is COc1ccc(-c2cn(-c3ccc(C)cc3)c(NC(=O)CN(CC(C)C)C(=O)c3ccc4c(c3)OCO4)n2)cc1. The minimum atomic E-state index is -0.352. The third kappa shape index (κ3) is 5.93. The van der Waals surface area contributed by atoms with Crippen LogP contribution in [0.3, 0.4) is 0 Å². The molecule has 0 atom stereocenters. The van der Waals surface area contributed by atoms with Gasteiger partial charge in [-0.1, -0.05) is 31.5 Å². The summed E-state index contributed by atoms with van der Waals surface area (Å²) in [7, 11) is 1.62. The van der Waals surface area contributed by atoms with Crippen LogP contribution in [0.25, 0.3) is 16.9 Å². The number of carbonyl (C=O) groups is 2. The van der Waals surface area contributed by atoms with E-state index in [1.807, 2.05) is 80.1 Å². The maximum atomic E-state index is 13.4. The molecule has 40 heavy (non-hydrogen) atoms. The molecule has 9 nitrogen and oxygen atoms in total. The highest BCUT2D eigenvalue weighted by Crippen LogP contribution is 2.33. The Balaban J connectivity index is 1.40. The first-order valence-electron chi connectivity index (χ1n) is 13.1. The third-order valence-electron chi connectivity index (χ3n) is 6.48. The van der Waals surface area contributed by atoms with E-state index >= 15 is 0 Å². The molecule has 206 valence electrons. The van der Waals surface area contributed by atoms with E-state index in [1.165, 1.54) is 0 Å². The second-order valence-electron chi connectivity index (χ2n) is 10.1. The minimum absolute atomic E-state index is 0.122. The fraction of sp³-hybridized carbons (Fsp3) is 0.258. The molecule has 1 N–H and O–H groups in total. The topological polar surface area (TPSA) is 94.9 Å². The van der Waals surface area contributed by atoms with Gasteiger partial charge in [0.15, 0.2) is 11.5 Å². The highest BCUT2D eigenvalue weighted by atomic mass is 16.7. The summed E-state index contributed by atoms with van der Waals surface area (Å²) in [5.41, 5.74) is 3.97. The lowest BCUT2D eigenvalue weighted by atomic mass is 10.1. The van der Waals surface area contributed by atoms with E-state index in [4.69, 9.17) is 19.2 Å². The molecule has 2 amide bonds. The average molecular weight is 541 g/mol. The smallest absolute Gasteiger partial charge is 0.254 e. The van der Waals surface area contributed by atoms with Gasteiger partial charge in [-0.25, -0.2) is 4.98 Å². The lowest BCUT2D eigenvalue weighted by Gasteiger charge is -2.24. The zero-order valence-electron chi connectivity index (χ0n) is 23.0. The zero-order valence-corrected chi connectivity index (χ0v) is 23.0. The van der Waals surface area contributed by atoms with Crippen LogP contribution in [-0.2, 0) is 4.79 Å². The summed E-state index contributed by atoms with van der Waals surface area (Å²) in [6.45, 7) is 6.42. The molecule has 2 heterocycles. The number of benzene rings is 3. The second-order valence-corrected chi connectivity index (χ2v) is 10.1. The summed E-state index contributed by atoms with van der Waals surface area (Å²) >= 11 is 0. The first kappa shape index (κ1) is 26.8. The van der Waals surface area contributed by atoms with Crippen LogP contribution in [0.5, 0.6) is 17.2 Å². The highest BCUT2D eigenvalue weighted by Gasteiger charge is 2.24. The van der Waals surface area contributed by atoms with E-state index in [0.29, 0.717) is 35.2 Å². The van der Waals surface area contributed by atoms with Crippen LogP contribution >= 0.6 is 0 Å². The Morgan fingerprint density at radius 1 is 1.02 bits per heavy atom. The van der Waals surface area contributed by atoms with Crippen molar-refractivity contribution < 1.29 is 23.8 Å². The van der Waals surface area contributed by atoms with E-state index in [0.717, 1.165) is 22.6 Å². The lowest BCUT2D eigenvalue weighted by molar-refractivity contribution is -0.117. The van der Waals surface area contributed by atoms with E-state index in [2.05, 4.69) is 5.32 Å². The molecule has 0 unspecified atom stereocenters. The van der Waals surface area contributed by atoms with Crippen molar-refractivity contribution in [2.75, 3.05) is 32.3 Å². The van der Waals surface area contributed by atoms with Gasteiger partial charge in [-0.3, -0.25) is 19.5 Å². The van der Waals surface area contributed by atoms with Crippen molar-refractivity contribution in [1.82, 2.24) is 14.5 Å². The number of imidazole rings is 1. The molecule has 1 aliphatic heterocycles. The summed E-state index contributed by atoms with van der Waals surface area (Å²) in [6, 6.07) is 20.6. The van der Waals surface area contributed by atoms with Crippen molar-refractivity contribution >= 4 is 17.8 Å². The first-order valence-corrected chi connectivity index (χ1v) is 13.1. The lowest BCUT2D eigenvalue weighted by Crippen LogP contribution is -2.40. The highest BCUT2D eigenvalue weighted by molar-refractivity contribution is 5.99. The van der Waals surface area contributed by atoms with Gasteiger partial charge in [-0.05, 0) is 67.4 Å². The summed E-state index contributed by atoms with van der Waals surface area (Å²) in [5, 5.41) is 2.94. The molecule has 3 aromatic carbocycles. The maximum absolute atomic E-state index is 13.4. The van der Waals surface area contributed by atoms with Crippen LogP contribution in [-0.4, -0.2) is 53.3 Å². The molecule has 0 spiro atoms. The van der Waals surface area contributed by atoms with Gasteiger partial charge >= 0.3 is 0 Å². The number of aromatic nitrogens is 2. The molecule has 4 aromatic rings. The Bertz CT molecular complexity index is 1510. The molecular weight excluding hydrogens is 508 g/mol. The Morgan fingerprint density at radius 3 is 2.45 bits per heavy atom. The van der Waals surface area contributed by atoms with Gasteiger partial charge in [0.2, 0.25) is 18.6 Å². The molecule has 0 bridgehead atoms. The van der Waals surface area contributed by atoms with Crippen LogP contribution in [0.15, 0.2) is 72.9 Å². The van der Waals surface area contributed by atoms with E-state index in [1.54, 1.807) is 30.2 Å². The molecule has 9 heteroatoms. The molecular formula is C31H32N4O5. The van der Waals surface area contributed by atoms with Crippen molar-refractivity contribution in [3.8, 4) is 34.2 Å². The molecule has 0 saturated carbocycles. The molecule has 0 fully saturated rings. The van der Waals surface area contributed by atoms with Crippen molar-refractivity contribution in [1.29, 1.82) is 0 Å². The van der Waals surface area contributed by atoms with Crippen LogP contribution in [0.4, 0.5) is 5.95 Å². The average Bonchev–Trinajstić information content (AvgIpc) is 3.59. The Kier molecular flexibility index (Phi) is 7.72. The van der Waals surface area contributed by atoms with E-state index < -0.39 is 0 Å². The van der Waals surface area contributed by atoms with Crippen LogP contribution in [0, 0.1) is 12.8 Å². The summed E-state index contributed by atoms with van der Waals surface area (Å²) < 4.78 is 17.9. The number of rotatable bonds is 9. The van der Waals surface area contributed by atoms with Crippen molar-refractivity contribution in [3.63, 3.8) is 0 Å². The quantitative estimate of drug-likeness (QED) is 0.309. The molecule has 1 aromatic heterocycles. The van der Waals surface area contributed by atoms with E-state index in [-0.39, 0.29) is 31.1 Å². The van der Waals surface area contributed by atoms with Gasteiger partial charge in [-0.15, -0.1) is 0 Å². The van der Waals surface area contributed by atoms with E-state index in [9.17, 15) is 9.59 Å². The molecule has 0 aliphatic carbocycles. The fourth-order valence-electron chi connectivity index (χ4n) is 4.48. The van der Waals surface area contributed by atoms with Gasteiger partial charge in [0.05, 0.1) is 12.8 Å². The number of methoxy groups -OCH3 is 1. The zero-order chi connectivity index (χ0) is 28.2. The maximum Gasteiger partial charge on any atom is 0.254 e. The fourth-order valence-corrected chi connectivity index (χ4v) is 4.48. The van der Waals surface area contributed by atoms with Gasteiger partial charge in [0.1, 0.15) is 12.3 Å². The monoisotopic (exact) mass is 540 g/mol. The Labute approximate surface area is 233 Å².